The van der Waals surface area contributed by atoms with Crippen LogP contribution in [-0.2, 0) is 20.1 Å². The first-order valence-electron chi connectivity index (χ1n) is 12.6. The number of fused-ring (bicyclic) bond motifs is 2. The molecule has 1 aromatic heterocycles. The molecule has 3 heterocycles. The number of alkyl halides is 3. The first-order chi connectivity index (χ1) is 18.7. The molecule has 3 aromatic rings. The van der Waals surface area contributed by atoms with E-state index in [1.165, 1.54) is 29.4 Å². The van der Waals surface area contributed by atoms with Crippen molar-refractivity contribution in [1.82, 2.24) is 19.4 Å². The van der Waals surface area contributed by atoms with E-state index in [-0.39, 0.29) is 30.9 Å². The summed E-state index contributed by atoms with van der Waals surface area (Å²) in [4.78, 5) is 21.1. The van der Waals surface area contributed by atoms with Crippen LogP contribution < -0.4 is 18.9 Å². The Labute approximate surface area is 222 Å². The van der Waals surface area contributed by atoms with E-state index in [1.54, 1.807) is 23.9 Å². The molecule has 2 aliphatic heterocycles. The van der Waals surface area contributed by atoms with Gasteiger partial charge in [0, 0.05) is 45.3 Å². The number of rotatable bonds is 8. The lowest BCUT2D eigenvalue weighted by molar-refractivity contribution is -0.274. The molecule has 12 heteroatoms. The van der Waals surface area contributed by atoms with Gasteiger partial charge in [-0.25, -0.2) is 9.78 Å². The van der Waals surface area contributed by atoms with Gasteiger partial charge in [0.15, 0.2) is 11.5 Å². The van der Waals surface area contributed by atoms with Crippen LogP contribution in [0.1, 0.15) is 11.1 Å². The van der Waals surface area contributed by atoms with E-state index >= 15 is 0 Å². The molecule has 39 heavy (non-hydrogen) atoms. The number of nitrogens with zero attached hydrogens (tertiary/aromatic N) is 4. The number of carbonyl (C=O) groups is 1. The van der Waals surface area contributed by atoms with Gasteiger partial charge in [-0.1, -0.05) is 24.3 Å². The van der Waals surface area contributed by atoms with Crippen LogP contribution in [0, 0.1) is 17.8 Å². The second-order valence-electron chi connectivity index (χ2n) is 10.2. The number of carbonyl (C=O) groups excluding carboxylic acids is 1. The summed E-state index contributed by atoms with van der Waals surface area (Å²) < 4.78 is 60.5. The summed E-state index contributed by atoms with van der Waals surface area (Å²) in [6.45, 7) is 3.26. The van der Waals surface area contributed by atoms with Crippen LogP contribution in [-0.4, -0.2) is 58.2 Å². The molecule has 2 fully saturated rings. The Morgan fingerprint density at radius 2 is 1.95 bits per heavy atom. The van der Waals surface area contributed by atoms with Crippen LogP contribution in [0.5, 0.6) is 23.1 Å². The highest BCUT2D eigenvalue weighted by molar-refractivity contribution is 5.70. The number of imidazole rings is 1. The van der Waals surface area contributed by atoms with Crippen molar-refractivity contribution in [3.8, 4) is 23.1 Å². The second kappa shape index (κ2) is 9.99. The molecule has 2 atom stereocenters. The monoisotopic (exact) mass is 544 g/mol. The molecule has 1 saturated carbocycles. The van der Waals surface area contributed by atoms with Crippen molar-refractivity contribution < 1.29 is 36.9 Å². The number of piperidine rings is 1. The number of aromatic nitrogens is 2. The first kappa shape index (κ1) is 25.4. The lowest BCUT2D eigenvalue weighted by atomic mass is 10.1. The van der Waals surface area contributed by atoms with Crippen LogP contribution in [0.3, 0.4) is 0 Å². The van der Waals surface area contributed by atoms with E-state index in [9.17, 15) is 18.0 Å². The zero-order chi connectivity index (χ0) is 27.1. The average Bonchev–Trinajstić information content (AvgIpc) is 3.34. The van der Waals surface area contributed by atoms with Gasteiger partial charge in [0.25, 0.3) is 0 Å². The Morgan fingerprint density at radius 3 is 2.69 bits per heavy atom. The Kier molecular flexibility index (Phi) is 6.49. The third-order valence-corrected chi connectivity index (χ3v) is 7.39. The maximum absolute atomic E-state index is 13.1. The SMILES string of the molecule is Cn1cnc(OC(=O)N(Cc2cccc(OC(F)(F)F)c2)CC2C3CN(Cc4cccc5c4OCO5)CC32)c1. The molecule has 206 valence electrons. The number of ether oxygens (including phenoxy) is 4. The van der Waals surface area contributed by atoms with E-state index in [1.807, 2.05) is 18.2 Å². The maximum atomic E-state index is 13.1. The van der Waals surface area contributed by atoms with E-state index < -0.39 is 12.5 Å². The van der Waals surface area contributed by atoms with Gasteiger partial charge in [-0.05, 0) is 41.5 Å². The van der Waals surface area contributed by atoms with Gasteiger partial charge in [-0.3, -0.25) is 4.90 Å². The van der Waals surface area contributed by atoms with Crippen LogP contribution >= 0.6 is 0 Å². The average molecular weight is 545 g/mol. The van der Waals surface area contributed by atoms with Crippen molar-refractivity contribution in [2.24, 2.45) is 24.8 Å². The summed E-state index contributed by atoms with van der Waals surface area (Å²) >= 11 is 0. The van der Waals surface area contributed by atoms with Gasteiger partial charge in [0.2, 0.25) is 12.7 Å². The zero-order valence-corrected chi connectivity index (χ0v) is 21.1. The number of likely N-dealkylation sites (tertiary alicyclic amines) is 1. The molecule has 0 N–H and O–H groups in total. The van der Waals surface area contributed by atoms with Crippen molar-refractivity contribution in [3.63, 3.8) is 0 Å². The molecule has 2 aromatic carbocycles. The molecule has 3 aliphatic rings. The fourth-order valence-electron chi connectivity index (χ4n) is 5.61. The maximum Gasteiger partial charge on any atom is 0.573 e. The number of amides is 1. The number of halogens is 3. The molecule has 2 unspecified atom stereocenters. The highest BCUT2D eigenvalue weighted by atomic mass is 19.4. The topological polar surface area (TPSA) is 78.3 Å². The summed E-state index contributed by atoms with van der Waals surface area (Å²) in [5.41, 5.74) is 1.59. The molecule has 6 rings (SSSR count). The Balaban J connectivity index is 1.11. The first-order valence-corrected chi connectivity index (χ1v) is 12.6. The number of hydrogen-bond donors (Lipinski definition) is 0. The number of benzene rings is 2. The van der Waals surface area contributed by atoms with Crippen LogP contribution in [0.25, 0.3) is 0 Å². The summed E-state index contributed by atoms with van der Waals surface area (Å²) in [7, 11) is 1.76. The molecular formula is C27H27F3N4O5. The quantitative estimate of drug-likeness (QED) is 0.415. The third-order valence-electron chi connectivity index (χ3n) is 7.39. The Bertz CT molecular complexity index is 1350. The van der Waals surface area contributed by atoms with Gasteiger partial charge >= 0.3 is 12.5 Å². The van der Waals surface area contributed by atoms with Crippen molar-refractivity contribution in [2.45, 2.75) is 19.5 Å². The molecular weight excluding hydrogens is 517 g/mol. The van der Waals surface area contributed by atoms with Gasteiger partial charge in [-0.2, -0.15) is 0 Å². The molecule has 0 radical (unpaired) electrons. The minimum absolute atomic E-state index is 0.0773. The Morgan fingerprint density at radius 1 is 1.15 bits per heavy atom. The normalized spacial score (nSPS) is 21.5. The van der Waals surface area contributed by atoms with Crippen LogP contribution in [0.15, 0.2) is 55.0 Å². The Hall–Kier alpha value is -3.93. The predicted octanol–water partition coefficient (Wildman–Crippen LogP) is 4.43. The van der Waals surface area contributed by atoms with E-state index in [4.69, 9.17) is 14.2 Å². The summed E-state index contributed by atoms with van der Waals surface area (Å²) in [5.74, 6) is 2.50. The van der Waals surface area contributed by atoms with Crippen LogP contribution in [0.2, 0.25) is 0 Å². The fraction of sp³-hybridized carbons (Fsp3) is 0.407. The summed E-state index contributed by atoms with van der Waals surface area (Å²) in [6.07, 6.45) is -2.31. The number of aryl methyl sites for hydroxylation is 1. The molecule has 0 spiro atoms. The minimum atomic E-state index is -4.80. The van der Waals surface area contributed by atoms with E-state index in [2.05, 4.69) is 14.6 Å². The van der Waals surface area contributed by atoms with Crippen molar-refractivity contribution in [2.75, 3.05) is 26.4 Å². The molecule has 1 amide bonds. The molecule has 1 aliphatic carbocycles. The summed E-state index contributed by atoms with van der Waals surface area (Å²) in [5, 5.41) is 0. The van der Waals surface area contributed by atoms with Crippen molar-refractivity contribution >= 4 is 6.09 Å². The van der Waals surface area contributed by atoms with E-state index in [0.717, 1.165) is 36.7 Å². The third kappa shape index (κ3) is 5.75. The second-order valence-corrected chi connectivity index (χ2v) is 10.2. The number of hydrogen-bond acceptors (Lipinski definition) is 7. The highest BCUT2D eigenvalue weighted by Crippen LogP contribution is 2.52. The lowest BCUT2D eigenvalue weighted by Crippen LogP contribution is -2.36. The standard InChI is InChI=1S/C27H27F3N4O5/c1-32-14-24(31-15-32)38-26(35)34(9-17-4-2-6-19(8-17)39-27(28,29)30)13-22-20-11-33(12-21(20)22)10-18-5-3-7-23-25(18)37-16-36-23/h2-8,14-15,20-22H,9-13,16H2,1H3. The molecule has 0 bridgehead atoms. The fourth-order valence-corrected chi connectivity index (χ4v) is 5.61. The molecule has 9 nitrogen and oxygen atoms in total. The van der Waals surface area contributed by atoms with Crippen molar-refractivity contribution in [3.05, 3.63) is 66.1 Å². The van der Waals surface area contributed by atoms with Gasteiger partial charge < -0.3 is 28.4 Å². The highest BCUT2D eigenvalue weighted by Gasteiger charge is 2.56. The smallest absolute Gasteiger partial charge is 0.454 e. The van der Waals surface area contributed by atoms with Gasteiger partial charge in [0.05, 0.1) is 12.5 Å². The summed E-state index contributed by atoms with van der Waals surface area (Å²) in [6, 6.07) is 11.5. The van der Waals surface area contributed by atoms with Gasteiger partial charge in [0.1, 0.15) is 5.75 Å². The zero-order valence-electron chi connectivity index (χ0n) is 21.1. The van der Waals surface area contributed by atoms with E-state index in [0.29, 0.717) is 23.9 Å². The molecule has 1 saturated heterocycles. The predicted molar refractivity (Wildman–Crippen MR) is 131 cm³/mol. The lowest BCUT2D eigenvalue weighted by Gasteiger charge is -2.25. The largest absolute Gasteiger partial charge is 0.573 e. The van der Waals surface area contributed by atoms with Gasteiger partial charge in [-0.15, -0.1) is 13.2 Å². The van der Waals surface area contributed by atoms with Crippen LogP contribution in [0.4, 0.5) is 18.0 Å². The minimum Gasteiger partial charge on any atom is -0.454 e. The number of para-hydroxylation sites is 1. The van der Waals surface area contributed by atoms with Crippen molar-refractivity contribution in [1.29, 1.82) is 0 Å².